The molecule has 0 unspecified atom stereocenters. The maximum atomic E-state index is 10.8. The molecule has 4 heteroatoms. The van der Waals surface area contributed by atoms with E-state index in [2.05, 4.69) is 17.6 Å². The zero-order valence-corrected chi connectivity index (χ0v) is 9.31. The van der Waals surface area contributed by atoms with E-state index in [1.54, 1.807) is 0 Å². The van der Waals surface area contributed by atoms with Crippen LogP contribution < -0.4 is 10.6 Å². The fourth-order valence-electron chi connectivity index (χ4n) is 2.89. The normalized spacial score (nSPS) is 27.3. The molecule has 2 fully saturated rings. The van der Waals surface area contributed by atoms with Crippen LogP contribution in [0.15, 0.2) is 0 Å². The Bertz CT molecular complexity index is 255. The van der Waals surface area contributed by atoms with E-state index >= 15 is 0 Å². The molecule has 2 rings (SSSR count). The Balaban J connectivity index is 1.98. The van der Waals surface area contributed by atoms with Gasteiger partial charge in [-0.15, -0.1) is 0 Å². The molecule has 0 spiro atoms. The highest BCUT2D eigenvalue weighted by atomic mass is 16.4. The predicted molar refractivity (Wildman–Crippen MR) is 57.9 cm³/mol. The van der Waals surface area contributed by atoms with E-state index in [0.717, 1.165) is 13.1 Å². The van der Waals surface area contributed by atoms with Gasteiger partial charge >= 0.3 is 5.97 Å². The number of rotatable bonds is 4. The van der Waals surface area contributed by atoms with E-state index in [1.165, 1.54) is 25.7 Å². The number of carbonyl (C=O) groups is 1. The van der Waals surface area contributed by atoms with Gasteiger partial charge in [0.25, 0.3) is 0 Å². The van der Waals surface area contributed by atoms with Crippen LogP contribution in [-0.4, -0.2) is 35.2 Å². The van der Waals surface area contributed by atoms with Gasteiger partial charge in [-0.25, -0.2) is 0 Å². The van der Waals surface area contributed by atoms with Crippen LogP contribution in [0.5, 0.6) is 0 Å². The summed E-state index contributed by atoms with van der Waals surface area (Å²) in [6, 6.07) is 0. The summed E-state index contributed by atoms with van der Waals surface area (Å²) in [5, 5.41) is 15.7. The summed E-state index contributed by atoms with van der Waals surface area (Å²) >= 11 is 0. The van der Waals surface area contributed by atoms with Crippen molar-refractivity contribution in [2.75, 3.05) is 13.1 Å². The molecule has 15 heavy (non-hydrogen) atoms. The Kier molecular flexibility index (Phi) is 2.73. The van der Waals surface area contributed by atoms with Crippen molar-refractivity contribution in [2.45, 2.75) is 50.1 Å². The molecule has 1 aliphatic heterocycles. The van der Waals surface area contributed by atoms with Gasteiger partial charge in [0, 0.05) is 18.6 Å². The van der Waals surface area contributed by atoms with Crippen LogP contribution in [0.1, 0.15) is 39.0 Å². The summed E-state index contributed by atoms with van der Waals surface area (Å²) in [6.07, 6.45) is 5.11. The van der Waals surface area contributed by atoms with Gasteiger partial charge in [-0.1, -0.05) is 12.8 Å². The van der Waals surface area contributed by atoms with Crippen molar-refractivity contribution in [1.82, 2.24) is 10.6 Å². The Hall–Kier alpha value is -0.610. The third-order valence-electron chi connectivity index (χ3n) is 3.69. The van der Waals surface area contributed by atoms with Crippen LogP contribution in [-0.2, 0) is 4.79 Å². The molecule has 1 saturated heterocycles. The van der Waals surface area contributed by atoms with E-state index in [4.69, 9.17) is 5.11 Å². The van der Waals surface area contributed by atoms with Gasteiger partial charge in [-0.2, -0.15) is 0 Å². The number of carboxylic acid groups (broad SMARTS) is 1. The Labute approximate surface area is 90.4 Å². The fourth-order valence-corrected chi connectivity index (χ4v) is 2.89. The average Bonchev–Trinajstić information content (AvgIpc) is 2.47. The Morgan fingerprint density at radius 3 is 2.40 bits per heavy atom. The second-order valence-corrected chi connectivity index (χ2v) is 5.35. The molecule has 0 aromatic heterocycles. The average molecular weight is 212 g/mol. The van der Waals surface area contributed by atoms with Gasteiger partial charge < -0.3 is 15.7 Å². The van der Waals surface area contributed by atoms with Gasteiger partial charge in [-0.3, -0.25) is 4.79 Å². The van der Waals surface area contributed by atoms with Crippen molar-refractivity contribution in [3.8, 4) is 0 Å². The van der Waals surface area contributed by atoms with E-state index in [9.17, 15) is 4.79 Å². The maximum Gasteiger partial charge on any atom is 0.305 e. The Morgan fingerprint density at radius 2 is 2.00 bits per heavy atom. The highest BCUT2D eigenvalue weighted by molar-refractivity contribution is 5.69. The lowest BCUT2D eigenvalue weighted by Crippen LogP contribution is -2.72. The van der Waals surface area contributed by atoms with Gasteiger partial charge in [-0.05, 0) is 19.8 Å². The van der Waals surface area contributed by atoms with Gasteiger partial charge in [0.2, 0.25) is 0 Å². The molecule has 0 bridgehead atoms. The molecule has 0 atom stereocenters. The van der Waals surface area contributed by atoms with E-state index in [-0.39, 0.29) is 17.5 Å². The first-order valence-corrected chi connectivity index (χ1v) is 5.76. The van der Waals surface area contributed by atoms with Gasteiger partial charge in [0.15, 0.2) is 0 Å². The topological polar surface area (TPSA) is 61.4 Å². The Morgan fingerprint density at radius 1 is 1.40 bits per heavy atom. The monoisotopic (exact) mass is 212 g/mol. The molecule has 1 heterocycles. The first kappa shape index (κ1) is 10.9. The third-order valence-corrected chi connectivity index (χ3v) is 3.69. The van der Waals surface area contributed by atoms with Crippen molar-refractivity contribution in [2.24, 2.45) is 0 Å². The first-order chi connectivity index (χ1) is 7.04. The predicted octanol–water partition coefficient (Wildman–Crippen LogP) is 0.725. The van der Waals surface area contributed by atoms with Crippen LogP contribution in [0, 0.1) is 0 Å². The van der Waals surface area contributed by atoms with Crippen LogP contribution in [0.3, 0.4) is 0 Å². The molecular formula is C11H20N2O2. The molecule has 1 saturated carbocycles. The molecule has 3 N–H and O–H groups in total. The molecule has 0 radical (unpaired) electrons. The van der Waals surface area contributed by atoms with Crippen molar-refractivity contribution >= 4 is 5.97 Å². The number of hydrogen-bond donors (Lipinski definition) is 3. The highest BCUT2D eigenvalue weighted by Gasteiger charge is 2.44. The van der Waals surface area contributed by atoms with Crippen LogP contribution in [0.4, 0.5) is 0 Å². The first-order valence-electron chi connectivity index (χ1n) is 5.76. The summed E-state index contributed by atoms with van der Waals surface area (Å²) in [4.78, 5) is 10.8. The van der Waals surface area contributed by atoms with Crippen LogP contribution >= 0.6 is 0 Å². The molecule has 86 valence electrons. The second kappa shape index (κ2) is 3.76. The number of aliphatic carboxylic acids is 1. The number of carboxylic acids is 1. The SMILES string of the molecule is CC1(NC2(CC(=O)O)CNC2)CCCC1. The molecule has 0 amide bonds. The standard InChI is InChI=1S/C11H20N2O2/c1-10(4-2-3-5-10)13-11(6-9(14)15)7-12-8-11/h12-13H,2-8H2,1H3,(H,14,15). The number of nitrogens with one attached hydrogen (secondary N) is 2. The minimum absolute atomic E-state index is 0.164. The minimum Gasteiger partial charge on any atom is -0.481 e. The van der Waals surface area contributed by atoms with Crippen molar-refractivity contribution < 1.29 is 9.90 Å². The molecule has 2 aliphatic rings. The molecule has 1 aliphatic carbocycles. The van der Waals surface area contributed by atoms with Crippen molar-refractivity contribution in [1.29, 1.82) is 0 Å². The van der Waals surface area contributed by atoms with Crippen LogP contribution in [0.2, 0.25) is 0 Å². The molecule has 0 aromatic carbocycles. The third kappa shape index (κ3) is 2.32. The lowest BCUT2D eigenvalue weighted by atomic mass is 9.84. The van der Waals surface area contributed by atoms with E-state index in [0.29, 0.717) is 0 Å². The lowest BCUT2D eigenvalue weighted by molar-refractivity contribution is -0.139. The summed E-state index contributed by atoms with van der Waals surface area (Å²) in [6.45, 7) is 3.80. The van der Waals surface area contributed by atoms with Crippen molar-refractivity contribution in [3.63, 3.8) is 0 Å². The van der Waals surface area contributed by atoms with Crippen molar-refractivity contribution in [3.05, 3.63) is 0 Å². The molecular weight excluding hydrogens is 192 g/mol. The maximum absolute atomic E-state index is 10.8. The van der Waals surface area contributed by atoms with Gasteiger partial charge in [0.1, 0.15) is 0 Å². The highest BCUT2D eigenvalue weighted by Crippen LogP contribution is 2.32. The second-order valence-electron chi connectivity index (χ2n) is 5.35. The van der Waals surface area contributed by atoms with E-state index < -0.39 is 5.97 Å². The smallest absolute Gasteiger partial charge is 0.305 e. The summed E-state index contributed by atoms with van der Waals surface area (Å²) in [7, 11) is 0. The lowest BCUT2D eigenvalue weighted by Gasteiger charge is -2.47. The summed E-state index contributed by atoms with van der Waals surface area (Å²) in [5.41, 5.74) is -0.0253. The van der Waals surface area contributed by atoms with Crippen LogP contribution in [0.25, 0.3) is 0 Å². The largest absolute Gasteiger partial charge is 0.481 e. The summed E-state index contributed by atoms with van der Waals surface area (Å²) < 4.78 is 0. The summed E-state index contributed by atoms with van der Waals surface area (Å²) in [5.74, 6) is -0.703. The fraction of sp³-hybridized carbons (Fsp3) is 0.909. The zero-order chi connectivity index (χ0) is 10.9. The number of hydrogen-bond acceptors (Lipinski definition) is 3. The van der Waals surface area contributed by atoms with Gasteiger partial charge in [0.05, 0.1) is 12.0 Å². The quantitative estimate of drug-likeness (QED) is 0.643. The molecule has 0 aromatic rings. The molecule has 4 nitrogen and oxygen atoms in total. The van der Waals surface area contributed by atoms with E-state index in [1.807, 2.05) is 0 Å². The minimum atomic E-state index is -0.703. The zero-order valence-electron chi connectivity index (χ0n) is 9.31.